The fraction of sp³-hybridized carbons (Fsp3) is 0.333. The summed E-state index contributed by atoms with van der Waals surface area (Å²) < 4.78 is 19.0. The van der Waals surface area contributed by atoms with Crippen molar-refractivity contribution in [3.8, 4) is 11.5 Å². The molecule has 1 saturated heterocycles. The van der Waals surface area contributed by atoms with Crippen LogP contribution in [-0.4, -0.2) is 41.3 Å². The zero-order chi connectivity index (χ0) is 18.8. The van der Waals surface area contributed by atoms with E-state index < -0.39 is 0 Å². The van der Waals surface area contributed by atoms with Crippen LogP contribution in [0.2, 0.25) is 0 Å². The van der Waals surface area contributed by atoms with Gasteiger partial charge in [0.25, 0.3) is 0 Å². The van der Waals surface area contributed by atoms with Crippen molar-refractivity contribution in [1.82, 2.24) is 15.1 Å². The number of rotatable bonds is 4. The van der Waals surface area contributed by atoms with E-state index in [-0.39, 0.29) is 11.9 Å². The van der Waals surface area contributed by atoms with Crippen molar-refractivity contribution in [2.24, 2.45) is 0 Å². The number of benzene rings is 2. The van der Waals surface area contributed by atoms with E-state index in [4.69, 9.17) is 4.42 Å². The summed E-state index contributed by atoms with van der Waals surface area (Å²) in [5, 5.41) is 8.48. The number of halogens is 1. The second-order valence-electron chi connectivity index (χ2n) is 6.99. The SMILES string of the molecule is Cc1ccc(-c2nnc([C@H](C)N3CCN(c4ccc(F)cc4)CC3)o2)cc1. The number of anilines is 1. The van der Waals surface area contributed by atoms with Crippen molar-refractivity contribution >= 4 is 5.69 Å². The van der Waals surface area contributed by atoms with Crippen LogP contribution in [0.3, 0.4) is 0 Å². The smallest absolute Gasteiger partial charge is 0.247 e. The quantitative estimate of drug-likeness (QED) is 0.697. The predicted octanol–water partition coefficient (Wildman–Crippen LogP) is 4.07. The van der Waals surface area contributed by atoms with Gasteiger partial charge in [0.1, 0.15) is 5.82 Å². The maximum Gasteiger partial charge on any atom is 0.247 e. The van der Waals surface area contributed by atoms with Crippen LogP contribution in [0.15, 0.2) is 52.9 Å². The van der Waals surface area contributed by atoms with E-state index >= 15 is 0 Å². The van der Waals surface area contributed by atoms with Crippen molar-refractivity contribution in [3.05, 3.63) is 65.8 Å². The van der Waals surface area contributed by atoms with E-state index in [1.165, 1.54) is 17.7 Å². The van der Waals surface area contributed by atoms with Gasteiger partial charge in [-0.1, -0.05) is 17.7 Å². The molecule has 27 heavy (non-hydrogen) atoms. The number of hydrogen-bond acceptors (Lipinski definition) is 5. The van der Waals surface area contributed by atoms with E-state index in [0.717, 1.165) is 37.4 Å². The van der Waals surface area contributed by atoms with Crippen molar-refractivity contribution < 1.29 is 8.81 Å². The maximum atomic E-state index is 13.1. The molecule has 0 radical (unpaired) electrons. The molecule has 140 valence electrons. The first-order chi connectivity index (χ1) is 13.1. The molecule has 1 aromatic heterocycles. The Labute approximate surface area is 158 Å². The minimum Gasteiger partial charge on any atom is -0.419 e. The lowest BCUT2D eigenvalue weighted by atomic mass is 10.1. The topological polar surface area (TPSA) is 45.4 Å². The normalized spacial score (nSPS) is 16.5. The molecule has 6 heteroatoms. The molecule has 1 aliphatic heterocycles. The van der Waals surface area contributed by atoms with Crippen LogP contribution >= 0.6 is 0 Å². The molecule has 0 N–H and O–H groups in total. The highest BCUT2D eigenvalue weighted by Gasteiger charge is 2.26. The van der Waals surface area contributed by atoms with Crippen molar-refractivity contribution in [1.29, 1.82) is 0 Å². The van der Waals surface area contributed by atoms with Crippen molar-refractivity contribution in [2.75, 3.05) is 31.1 Å². The third-order valence-corrected chi connectivity index (χ3v) is 5.15. The van der Waals surface area contributed by atoms with Gasteiger partial charge in [-0.2, -0.15) is 0 Å². The highest BCUT2D eigenvalue weighted by atomic mass is 19.1. The largest absolute Gasteiger partial charge is 0.419 e. The lowest BCUT2D eigenvalue weighted by molar-refractivity contribution is 0.174. The molecule has 1 fully saturated rings. The van der Waals surface area contributed by atoms with Gasteiger partial charge >= 0.3 is 0 Å². The first kappa shape index (κ1) is 17.7. The van der Waals surface area contributed by atoms with Crippen LogP contribution in [0.4, 0.5) is 10.1 Å². The Kier molecular flexibility index (Phi) is 4.90. The molecule has 4 rings (SSSR count). The number of aromatic nitrogens is 2. The number of aryl methyl sites for hydroxylation is 1. The second kappa shape index (κ2) is 7.48. The average molecular weight is 366 g/mol. The van der Waals surface area contributed by atoms with Crippen LogP contribution in [-0.2, 0) is 0 Å². The fourth-order valence-corrected chi connectivity index (χ4v) is 3.39. The molecule has 0 aliphatic carbocycles. The van der Waals surface area contributed by atoms with E-state index in [1.54, 1.807) is 0 Å². The lowest BCUT2D eigenvalue weighted by Crippen LogP contribution is -2.47. The lowest BCUT2D eigenvalue weighted by Gasteiger charge is -2.38. The summed E-state index contributed by atoms with van der Waals surface area (Å²) in [6.07, 6.45) is 0. The van der Waals surface area contributed by atoms with Gasteiger partial charge in [-0.3, -0.25) is 4.90 Å². The van der Waals surface area contributed by atoms with Gasteiger partial charge in [0.2, 0.25) is 11.8 Å². The van der Waals surface area contributed by atoms with E-state index in [2.05, 4.69) is 33.8 Å². The van der Waals surface area contributed by atoms with Crippen molar-refractivity contribution in [2.45, 2.75) is 19.9 Å². The van der Waals surface area contributed by atoms with Gasteiger partial charge in [-0.05, 0) is 50.2 Å². The average Bonchev–Trinajstić information content (AvgIpc) is 3.19. The summed E-state index contributed by atoms with van der Waals surface area (Å²) in [6.45, 7) is 7.70. The van der Waals surface area contributed by atoms with E-state index in [0.29, 0.717) is 11.8 Å². The Morgan fingerprint density at radius 3 is 2.26 bits per heavy atom. The second-order valence-corrected chi connectivity index (χ2v) is 6.99. The van der Waals surface area contributed by atoms with Crippen LogP contribution in [0, 0.1) is 12.7 Å². The highest BCUT2D eigenvalue weighted by Crippen LogP contribution is 2.26. The molecule has 2 heterocycles. The fourth-order valence-electron chi connectivity index (χ4n) is 3.39. The van der Waals surface area contributed by atoms with Gasteiger partial charge in [0.15, 0.2) is 0 Å². The summed E-state index contributed by atoms with van der Waals surface area (Å²) in [5.74, 6) is 0.995. The van der Waals surface area contributed by atoms with Gasteiger partial charge in [0.05, 0.1) is 6.04 Å². The van der Waals surface area contributed by atoms with E-state index in [1.807, 2.05) is 36.4 Å². The number of hydrogen-bond donors (Lipinski definition) is 0. The van der Waals surface area contributed by atoms with Gasteiger partial charge < -0.3 is 9.32 Å². The molecular weight excluding hydrogens is 343 g/mol. The molecule has 1 atom stereocenters. The molecule has 0 bridgehead atoms. The third kappa shape index (κ3) is 3.85. The van der Waals surface area contributed by atoms with Crippen LogP contribution in [0.1, 0.15) is 24.4 Å². The molecule has 0 unspecified atom stereocenters. The van der Waals surface area contributed by atoms with Crippen LogP contribution in [0.25, 0.3) is 11.5 Å². The predicted molar refractivity (Wildman–Crippen MR) is 103 cm³/mol. The first-order valence-corrected chi connectivity index (χ1v) is 9.25. The molecule has 3 aromatic rings. The highest BCUT2D eigenvalue weighted by molar-refractivity contribution is 5.52. The summed E-state index contributed by atoms with van der Waals surface area (Å²) in [7, 11) is 0. The number of nitrogens with zero attached hydrogens (tertiary/aromatic N) is 4. The summed E-state index contributed by atoms with van der Waals surface area (Å²) in [6, 6.07) is 14.8. The molecule has 0 saturated carbocycles. The van der Waals surface area contributed by atoms with Gasteiger partial charge in [-0.25, -0.2) is 4.39 Å². The number of piperazine rings is 1. The minimum atomic E-state index is -0.202. The van der Waals surface area contributed by atoms with Crippen LogP contribution in [0.5, 0.6) is 0 Å². The van der Waals surface area contributed by atoms with Crippen molar-refractivity contribution in [3.63, 3.8) is 0 Å². The van der Waals surface area contributed by atoms with Gasteiger partial charge in [0, 0.05) is 37.4 Å². The van der Waals surface area contributed by atoms with Crippen LogP contribution < -0.4 is 4.90 Å². The van der Waals surface area contributed by atoms with E-state index in [9.17, 15) is 4.39 Å². The summed E-state index contributed by atoms with van der Waals surface area (Å²) in [4.78, 5) is 4.61. The molecule has 0 spiro atoms. The Morgan fingerprint density at radius 2 is 1.59 bits per heavy atom. The Hall–Kier alpha value is -2.73. The Bertz CT molecular complexity index is 883. The third-order valence-electron chi connectivity index (χ3n) is 5.15. The minimum absolute atomic E-state index is 0.0621. The monoisotopic (exact) mass is 366 g/mol. The molecule has 0 amide bonds. The summed E-state index contributed by atoms with van der Waals surface area (Å²) in [5.41, 5.74) is 3.20. The molecule has 5 nitrogen and oxygen atoms in total. The molecular formula is C21H23FN4O. The van der Waals surface area contributed by atoms with Gasteiger partial charge in [-0.15, -0.1) is 10.2 Å². The molecule has 2 aromatic carbocycles. The standard InChI is InChI=1S/C21H23FN4O/c1-15-3-5-17(6-4-15)21-24-23-20(27-21)16(2)25-11-13-26(14-12-25)19-9-7-18(22)8-10-19/h3-10,16H,11-14H2,1-2H3/t16-/m0/s1. The Morgan fingerprint density at radius 1 is 0.926 bits per heavy atom. The zero-order valence-corrected chi connectivity index (χ0v) is 15.6. The molecule has 1 aliphatic rings. The zero-order valence-electron chi connectivity index (χ0n) is 15.6. The summed E-state index contributed by atoms with van der Waals surface area (Å²) >= 11 is 0. The first-order valence-electron chi connectivity index (χ1n) is 9.25. The Balaban J connectivity index is 1.40. The maximum absolute atomic E-state index is 13.1.